The predicted octanol–water partition coefficient (Wildman–Crippen LogP) is 8.18. The van der Waals surface area contributed by atoms with Gasteiger partial charge < -0.3 is 20.1 Å². The molecule has 0 amide bonds. The SMILES string of the molecule is CC1(C)CC[C@]2(C(=O)O)CC[C@]3(C)C(=CCC4[C@@]5(C)CC[C@H](O)[C@@](C)(COC(=O)/C=C\c6ccc(O)cc6)C5CC[C@]43C)C2C1. The number of allylic oxidation sites excluding steroid dienone is 2. The fourth-order valence-electron chi connectivity index (χ4n) is 11.7. The zero-order valence-corrected chi connectivity index (χ0v) is 28.2. The molecule has 4 saturated carbocycles. The second-order valence-corrected chi connectivity index (χ2v) is 17.3. The number of fused-ring (bicyclic) bond motifs is 7. The predicted molar refractivity (Wildman–Crippen MR) is 175 cm³/mol. The van der Waals surface area contributed by atoms with E-state index >= 15 is 0 Å². The Morgan fingerprint density at radius 1 is 0.911 bits per heavy atom. The van der Waals surface area contributed by atoms with Crippen LogP contribution in [0.3, 0.4) is 0 Å². The summed E-state index contributed by atoms with van der Waals surface area (Å²) in [6, 6.07) is 6.64. The van der Waals surface area contributed by atoms with E-state index in [9.17, 15) is 24.9 Å². The van der Waals surface area contributed by atoms with E-state index in [4.69, 9.17) is 4.74 Å². The highest BCUT2D eigenvalue weighted by atomic mass is 16.5. The summed E-state index contributed by atoms with van der Waals surface area (Å²) in [7, 11) is 0. The Balaban J connectivity index is 1.27. The number of aliphatic hydroxyl groups excluding tert-OH is 1. The van der Waals surface area contributed by atoms with Crippen molar-refractivity contribution < 1.29 is 29.6 Å². The third-order valence-electron chi connectivity index (χ3n) is 14.7. The molecule has 3 N–H and O–H groups in total. The number of esters is 1. The fraction of sp³-hybridized carbons (Fsp3) is 0.692. The van der Waals surface area contributed by atoms with Gasteiger partial charge in [0.15, 0.2) is 0 Å². The fourth-order valence-corrected chi connectivity index (χ4v) is 11.7. The van der Waals surface area contributed by atoms with Crippen molar-refractivity contribution >= 4 is 18.0 Å². The van der Waals surface area contributed by atoms with Crippen molar-refractivity contribution in [2.75, 3.05) is 6.61 Å². The highest BCUT2D eigenvalue weighted by Gasteiger charge is 2.69. The topological polar surface area (TPSA) is 104 Å². The van der Waals surface area contributed by atoms with Crippen molar-refractivity contribution in [1.82, 2.24) is 0 Å². The number of hydrogen-bond acceptors (Lipinski definition) is 5. The summed E-state index contributed by atoms with van der Waals surface area (Å²) < 4.78 is 5.87. The van der Waals surface area contributed by atoms with Gasteiger partial charge in [-0.05, 0) is 127 Å². The molecule has 0 radical (unpaired) electrons. The molecule has 0 saturated heterocycles. The molecule has 6 rings (SSSR count). The average Bonchev–Trinajstić information content (AvgIpc) is 2.98. The number of rotatable bonds is 5. The largest absolute Gasteiger partial charge is 0.508 e. The van der Waals surface area contributed by atoms with Crippen LogP contribution in [0.15, 0.2) is 42.0 Å². The van der Waals surface area contributed by atoms with Crippen LogP contribution in [0.2, 0.25) is 0 Å². The van der Waals surface area contributed by atoms with E-state index in [0.29, 0.717) is 12.3 Å². The molecule has 0 spiro atoms. The molecule has 246 valence electrons. The molecular formula is C39H54O6. The van der Waals surface area contributed by atoms with Gasteiger partial charge in [-0.3, -0.25) is 4.79 Å². The molecule has 6 heteroatoms. The van der Waals surface area contributed by atoms with Crippen LogP contribution in [0, 0.1) is 50.2 Å². The van der Waals surface area contributed by atoms with E-state index in [1.165, 1.54) is 11.6 Å². The Hall–Kier alpha value is -2.60. The zero-order chi connectivity index (χ0) is 32.6. The second kappa shape index (κ2) is 10.7. The van der Waals surface area contributed by atoms with Crippen LogP contribution in [0.5, 0.6) is 5.75 Å². The van der Waals surface area contributed by atoms with Gasteiger partial charge >= 0.3 is 11.9 Å². The molecule has 5 aliphatic rings. The molecule has 0 aromatic heterocycles. The van der Waals surface area contributed by atoms with E-state index in [-0.39, 0.29) is 45.9 Å². The Bertz CT molecular complexity index is 1410. The third-order valence-corrected chi connectivity index (χ3v) is 14.7. The quantitative estimate of drug-likeness (QED) is 0.175. The second-order valence-electron chi connectivity index (χ2n) is 17.3. The van der Waals surface area contributed by atoms with Gasteiger partial charge in [0.2, 0.25) is 0 Å². The first kappa shape index (κ1) is 32.3. The first-order valence-electron chi connectivity index (χ1n) is 17.3. The average molecular weight is 619 g/mol. The number of phenolic OH excluding ortho intramolecular Hbond substituents is 1. The molecule has 0 aliphatic heterocycles. The maximum Gasteiger partial charge on any atom is 0.330 e. The Morgan fingerprint density at radius 3 is 2.29 bits per heavy atom. The van der Waals surface area contributed by atoms with Crippen molar-refractivity contribution in [2.45, 2.75) is 112 Å². The van der Waals surface area contributed by atoms with Crippen LogP contribution in [0.4, 0.5) is 0 Å². The van der Waals surface area contributed by atoms with Crippen molar-refractivity contribution in [2.24, 2.45) is 50.2 Å². The number of phenols is 1. The van der Waals surface area contributed by atoms with E-state index in [0.717, 1.165) is 63.4 Å². The lowest BCUT2D eigenvalue weighted by Crippen LogP contribution is -2.66. The monoisotopic (exact) mass is 618 g/mol. The van der Waals surface area contributed by atoms with Gasteiger partial charge in [-0.15, -0.1) is 0 Å². The molecule has 4 fully saturated rings. The summed E-state index contributed by atoms with van der Waals surface area (Å²) >= 11 is 0. The minimum absolute atomic E-state index is 0.0291. The van der Waals surface area contributed by atoms with Gasteiger partial charge in [0.1, 0.15) is 5.75 Å². The van der Waals surface area contributed by atoms with Crippen molar-refractivity contribution in [3.8, 4) is 5.75 Å². The van der Waals surface area contributed by atoms with Crippen LogP contribution in [0.25, 0.3) is 6.08 Å². The number of carboxylic acid groups (broad SMARTS) is 1. The Kier molecular flexibility index (Phi) is 7.70. The minimum Gasteiger partial charge on any atom is -0.508 e. The van der Waals surface area contributed by atoms with Gasteiger partial charge in [0, 0.05) is 11.5 Å². The molecule has 0 bridgehead atoms. The number of aromatic hydroxyl groups is 1. The minimum atomic E-state index is -0.640. The van der Waals surface area contributed by atoms with Crippen molar-refractivity contribution in [3.05, 3.63) is 47.6 Å². The normalized spacial score (nSPS) is 43.7. The Morgan fingerprint density at radius 2 is 1.60 bits per heavy atom. The summed E-state index contributed by atoms with van der Waals surface area (Å²) in [4.78, 5) is 25.8. The first-order valence-corrected chi connectivity index (χ1v) is 17.3. The van der Waals surface area contributed by atoms with E-state index < -0.39 is 28.9 Å². The number of aliphatic carboxylic acids is 1. The zero-order valence-electron chi connectivity index (χ0n) is 28.2. The number of benzene rings is 1. The molecule has 1 aromatic rings. The highest BCUT2D eigenvalue weighted by Crippen LogP contribution is 2.75. The molecule has 0 heterocycles. The lowest BCUT2D eigenvalue weighted by molar-refractivity contribution is -0.219. The van der Waals surface area contributed by atoms with Crippen LogP contribution in [0.1, 0.15) is 111 Å². The summed E-state index contributed by atoms with van der Waals surface area (Å²) in [6.07, 6.45) is 14.0. The smallest absolute Gasteiger partial charge is 0.330 e. The maximum atomic E-state index is 12.9. The standard InChI is InChI=1S/C39H54O6/c1-34(2)19-21-39(33(43)44)22-20-37(5)27(28(39)23-34)12-13-30-35(3)17-16-31(41)36(4,29(35)15-18-38(30,37)6)24-45-32(42)14-9-25-7-10-26(40)11-8-25/h7-12,14,28-31,40-41H,13,15-24H2,1-6H3,(H,43,44)/b14-9-/t28?,29?,30?,31-,35-,36-,37+,38+,39-/m0/s1. The summed E-state index contributed by atoms with van der Waals surface area (Å²) in [5, 5.41) is 31.6. The van der Waals surface area contributed by atoms with Gasteiger partial charge in [-0.2, -0.15) is 0 Å². The number of carboxylic acids is 1. The summed E-state index contributed by atoms with van der Waals surface area (Å²) in [5.41, 5.74) is 1.11. The molecule has 6 nitrogen and oxygen atoms in total. The molecule has 45 heavy (non-hydrogen) atoms. The van der Waals surface area contributed by atoms with E-state index in [2.05, 4.69) is 47.6 Å². The van der Waals surface area contributed by atoms with Gasteiger partial charge in [-0.25, -0.2) is 4.79 Å². The molecule has 9 atom stereocenters. The maximum absolute atomic E-state index is 12.9. The summed E-state index contributed by atoms with van der Waals surface area (Å²) in [5.74, 6) is -0.152. The van der Waals surface area contributed by atoms with E-state index in [1.807, 2.05) is 0 Å². The van der Waals surface area contributed by atoms with Gasteiger partial charge in [0.05, 0.1) is 18.1 Å². The number of carbonyl (C=O) groups excluding carboxylic acids is 1. The number of carbonyl (C=O) groups is 2. The van der Waals surface area contributed by atoms with Gasteiger partial charge in [-0.1, -0.05) is 65.3 Å². The van der Waals surface area contributed by atoms with Crippen LogP contribution in [-0.2, 0) is 14.3 Å². The van der Waals surface area contributed by atoms with Crippen LogP contribution < -0.4 is 0 Å². The lowest BCUT2D eigenvalue weighted by atomic mass is 9.33. The van der Waals surface area contributed by atoms with Crippen molar-refractivity contribution in [1.29, 1.82) is 0 Å². The molecule has 3 unspecified atom stereocenters. The van der Waals surface area contributed by atoms with E-state index in [1.54, 1.807) is 30.3 Å². The number of aliphatic hydroxyl groups is 1. The summed E-state index contributed by atoms with van der Waals surface area (Å²) in [6.45, 7) is 14.3. The lowest BCUT2D eigenvalue weighted by Gasteiger charge is -2.71. The van der Waals surface area contributed by atoms with Crippen LogP contribution >= 0.6 is 0 Å². The number of hydrogen-bond donors (Lipinski definition) is 3. The van der Waals surface area contributed by atoms with Gasteiger partial charge in [0.25, 0.3) is 0 Å². The Labute approximate surface area is 269 Å². The highest BCUT2D eigenvalue weighted by molar-refractivity contribution is 5.87. The first-order chi connectivity index (χ1) is 21.0. The third kappa shape index (κ3) is 4.83. The molecule has 5 aliphatic carbocycles. The number of ether oxygens (including phenoxy) is 1. The van der Waals surface area contributed by atoms with Crippen molar-refractivity contribution in [3.63, 3.8) is 0 Å². The molecule has 1 aromatic carbocycles. The molecular weight excluding hydrogens is 564 g/mol. The van der Waals surface area contributed by atoms with Crippen LogP contribution in [-0.4, -0.2) is 40.0 Å².